The molecule has 0 aromatic carbocycles. The van der Waals surface area contributed by atoms with Gasteiger partial charge in [0.05, 0.1) is 6.61 Å². The normalized spacial score (nSPS) is 9.57. The van der Waals surface area contributed by atoms with Gasteiger partial charge in [-0.2, -0.15) is 0 Å². The van der Waals surface area contributed by atoms with E-state index in [0.29, 0.717) is 11.7 Å². The van der Waals surface area contributed by atoms with Crippen molar-refractivity contribution < 1.29 is 23.9 Å². The standard InChI is InChI=1S/C12H15N3O5S/c1-3-5-13-11-14-8(7-21-11)10(17)20-6-9(16)15-12(18)19-4-2/h3,7H,1,4-6H2,2H3,(H,13,14)(H,15,16,18). The van der Waals surface area contributed by atoms with Crippen molar-refractivity contribution in [3.05, 3.63) is 23.7 Å². The molecule has 0 aliphatic carbocycles. The van der Waals surface area contributed by atoms with Crippen molar-refractivity contribution in [1.29, 1.82) is 0 Å². The number of aromatic nitrogens is 1. The third kappa shape index (κ3) is 6.04. The molecule has 0 radical (unpaired) electrons. The Bertz CT molecular complexity index is 529. The van der Waals surface area contributed by atoms with Crippen LogP contribution in [-0.2, 0) is 14.3 Å². The van der Waals surface area contributed by atoms with Crippen LogP contribution in [0.25, 0.3) is 0 Å². The first-order chi connectivity index (χ1) is 10.1. The van der Waals surface area contributed by atoms with Gasteiger partial charge in [-0.3, -0.25) is 10.1 Å². The van der Waals surface area contributed by atoms with Crippen molar-refractivity contribution in [2.75, 3.05) is 25.1 Å². The van der Waals surface area contributed by atoms with Crippen LogP contribution in [0.15, 0.2) is 18.0 Å². The van der Waals surface area contributed by atoms with E-state index in [1.165, 1.54) is 16.7 Å². The fraction of sp³-hybridized carbons (Fsp3) is 0.333. The summed E-state index contributed by atoms with van der Waals surface area (Å²) >= 11 is 1.22. The number of anilines is 1. The highest BCUT2D eigenvalue weighted by atomic mass is 32.1. The Kier molecular flexibility index (Phi) is 6.88. The van der Waals surface area contributed by atoms with Crippen LogP contribution < -0.4 is 10.6 Å². The summed E-state index contributed by atoms with van der Waals surface area (Å²) in [5.41, 5.74) is 0.0792. The van der Waals surface area contributed by atoms with Crippen molar-refractivity contribution in [2.45, 2.75) is 6.92 Å². The topological polar surface area (TPSA) is 107 Å². The number of hydrogen-bond donors (Lipinski definition) is 2. The smallest absolute Gasteiger partial charge is 0.413 e. The summed E-state index contributed by atoms with van der Waals surface area (Å²) in [6.45, 7) is 5.21. The second kappa shape index (κ2) is 8.69. The third-order valence-corrected chi connectivity index (χ3v) is 2.76. The minimum Gasteiger partial charge on any atom is -0.451 e. The summed E-state index contributed by atoms with van der Waals surface area (Å²) in [7, 11) is 0. The molecule has 0 aliphatic rings. The summed E-state index contributed by atoms with van der Waals surface area (Å²) in [6.07, 6.45) is 0.766. The first-order valence-electron chi connectivity index (χ1n) is 6.00. The van der Waals surface area contributed by atoms with Gasteiger partial charge in [0.2, 0.25) is 0 Å². The van der Waals surface area contributed by atoms with Gasteiger partial charge in [-0.05, 0) is 6.92 Å². The monoisotopic (exact) mass is 313 g/mol. The number of amides is 2. The Balaban J connectivity index is 2.39. The van der Waals surface area contributed by atoms with Crippen LogP contribution in [0.2, 0.25) is 0 Å². The maximum Gasteiger partial charge on any atom is 0.413 e. The zero-order valence-corrected chi connectivity index (χ0v) is 12.2. The maximum atomic E-state index is 11.6. The summed E-state index contributed by atoms with van der Waals surface area (Å²) in [5, 5.41) is 6.85. The Morgan fingerprint density at radius 1 is 1.43 bits per heavy atom. The van der Waals surface area contributed by atoms with Gasteiger partial charge in [-0.1, -0.05) is 6.08 Å². The zero-order valence-electron chi connectivity index (χ0n) is 11.4. The second-order valence-electron chi connectivity index (χ2n) is 3.55. The predicted octanol–water partition coefficient (Wildman–Crippen LogP) is 1.17. The molecule has 8 nitrogen and oxygen atoms in total. The van der Waals surface area contributed by atoms with Gasteiger partial charge in [0, 0.05) is 11.9 Å². The number of ether oxygens (including phenoxy) is 2. The molecule has 1 aromatic rings. The lowest BCUT2D eigenvalue weighted by Crippen LogP contribution is -2.34. The molecule has 114 valence electrons. The number of nitrogens with one attached hydrogen (secondary N) is 2. The van der Waals surface area contributed by atoms with Crippen molar-refractivity contribution in [3.8, 4) is 0 Å². The molecule has 1 rings (SSSR count). The average Bonchev–Trinajstić information content (AvgIpc) is 2.91. The van der Waals surface area contributed by atoms with E-state index in [9.17, 15) is 14.4 Å². The molecule has 0 saturated heterocycles. The van der Waals surface area contributed by atoms with Crippen LogP contribution in [0.5, 0.6) is 0 Å². The number of alkyl carbamates (subject to hydrolysis) is 1. The van der Waals surface area contributed by atoms with Crippen molar-refractivity contribution >= 4 is 34.4 Å². The number of rotatable bonds is 7. The molecule has 0 fully saturated rings. The molecule has 2 amide bonds. The van der Waals surface area contributed by atoms with E-state index >= 15 is 0 Å². The lowest BCUT2D eigenvalue weighted by atomic mass is 10.5. The highest BCUT2D eigenvalue weighted by Gasteiger charge is 2.15. The van der Waals surface area contributed by atoms with Crippen molar-refractivity contribution in [2.24, 2.45) is 0 Å². The molecule has 0 aliphatic heterocycles. The lowest BCUT2D eigenvalue weighted by Gasteiger charge is -2.04. The number of esters is 1. The van der Waals surface area contributed by atoms with E-state index in [1.54, 1.807) is 13.0 Å². The van der Waals surface area contributed by atoms with E-state index in [0.717, 1.165) is 0 Å². The first-order valence-corrected chi connectivity index (χ1v) is 6.88. The fourth-order valence-corrected chi connectivity index (χ4v) is 1.82. The van der Waals surface area contributed by atoms with Crippen LogP contribution in [0, 0.1) is 0 Å². The Morgan fingerprint density at radius 2 is 2.19 bits per heavy atom. The van der Waals surface area contributed by atoms with Gasteiger partial charge < -0.3 is 14.8 Å². The molecule has 0 saturated carbocycles. The molecule has 2 N–H and O–H groups in total. The van der Waals surface area contributed by atoms with Crippen molar-refractivity contribution in [1.82, 2.24) is 10.3 Å². The van der Waals surface area contributed by atoms with E-state index in [-0.39, 0.29) is 12.3 Å². The third-order valence-electron chi connectivity index (χ3n) is 1.96. The average molecular weight is 313 g/mol. The highest BCUT2D eigenvalue weighted by Crippen LogP contribution is 2.15. The van der Waals surface area contributed by atoms with Gasteiger partial charge in [-0.25, -0.2) is 14.6 Å². The Morgan fingerprint density at radius 3 is 2.86 bits per heavy atom. The maximum absolute atomic E-state index is 11.6. The highest BCUT2D eigenvalue weighted by molar-refractivity contribution is 7.13. The summed E-state index contributed by atoms with van der Waals surface area (Å²) in [5.74, 6) is -1.53. The molecule has 0 unspecified atom stereocenters. The van der Waals surface area contributed by atoms with E-state index in [4.69, 9.17) is 4.74 Å². The molecule has 9 heteroatoms. The van der Waals surface area contributed by atoms with E-state index in [2.05, 4.69) is 21.6 Å². The second-order valence-corrected chi connectivity index (χ2v) is 4.41. The number of carbonyl (C=O) groups excluding carboxylic acids is 3. The SMILES string of the molecule is C=CCNc1nc(C(=O)OCC(=O)NC(=O)OCC)cs1. The predicted molar refractivity (Wildman–Crippen MR) is 76.2 cm³/mol. The Hall–Kier alpha value is -2.42. The molecular weight excluding hydrogens is 298 g/mol. The van der Waals surface area contributed by atoms with Gasteiger partial charge in [0.25, 0.3) is 5.91 Å². The van der Waals surface area contributed by atoms with Gasteiger partial charge in [-0.15, -0.1) is 17.9 Å². The fourth-order valence-electron chi connectivity index (χ4n) is 1.13. The summed E-state index contributed by atoms with van der Waals surface area (Å²) < 4.78 is 9.23. The summed E-state index contributed by atoms with van der Waals surface area (Å²) in [6, 6.07) is 0. The van der Waals surface area contributed by atoms with Gasteiger partial charge >= 0.3 is 12.1 Å². The number of thiazole rings is 1. The van der Waals surface area contributed by atoms with E-state index < -0.39 is 24.6 Å². The largest absolute Gasteiger partial charge is 0.451 e. The number of hydrogen-bond acceptors (Lipinski definition) is 8. The lowest BCUT2D eigenvalue weighted by molar-refractivity contribution is -0.123. The van der Waals surface area contributed by atoms with Crippen LogP contribution >= 0.6 is 11.3 Å². The molecule has 1 heterocycles. The molecule has 21 heavy (non-hydrogen) atoms. The van der Waals surface area contributed by atoms with Crippen LogP contribution in [0.4, 0.5) is 9.93 Å². The number of nitrogens with zero attached hydrogens (tertiary/aromatic N) is 1. The summed E-state index contributed by atoms with van der Waals surface area (Å²) in [4.78, 5) is 37.8. The van der Waals surface area contributed by atoms with Gasteiger partial charge in [0.15, 0.2) is 17.4 Å². The first kappa shape index (κ1) is 16.6. The van der Waals surface area contributed by atoms with Crippen LogP contribution in [-0.4, -0.2) is 42.7 Å². The van der Waals surface area contributed by atoms with Crippen molar-refractivity contribution in [3.63, 3.8) is 0 Å². The van der Waals surface area contributed by atoms with Crippen LogP contribution in [0.1, 0.15) is 17.4 Å². The molecule has 1 aromatic heterocycles. The Labute approximate surface area is 125 Å². The van der Waals surface area contributed by atoms with E-state index in [1.807, 2.05) is 5.32 Å². The molecule has 0 bridgehead atoms. The van der Waals surface area contributed by atoms with Crippen LogP contribution in [0.3, 0.4) is 0 Å². The quantitative estimate of drug-likeness (QED) is 0.575. The zero-order chi connectivity index (χ0) is 15.7. The number of imide groups is 1. The van der Waals surface area contributed by atoms with Gasteiger partial charge in [0.1, 0.15) is 0 Å². The molecular formula is C12H15N3O5S. The minimum atomic E-state index is -0.886. The molecule has 0 atom stereocenters. The minimum absolute atomic E-state index is 0.0792. The molecule has 0 spiro atoms. The number of carbonyl (C=O) groups is 3.